The lowest BCUT2D eigenvalue weighted by Crippen LogP contribution is -2.14. The zero-order valence-electron chi connectivity index (χ0n) is 11.7. The first-order valence-corrected chi connectivity index (χ1v) is 7.25. The van der Waals surface area contributed by atoms with Gasteiger partial charge in [-0.05, 0) is 25.1 Å². The molecule has 0 aliphatic rings. The first kappa shape index (κ1) is 15.1. The summed E-state index contributed by atoms with van der Waals surface area (Å²) in [6, 6.07) is 8.97. The summed E-state index contributed by atoms with van der Waals surface area (Å²) < 4.78 is 4.87. The molecule has 1 aromatic heterocycles. The fourth-order valence-corrected chi connectivity index (χ4v) is 2.38. The molecule has 0 aliphatic carbocycles. The number of nitrogens with one attached hydrogen (secondary N) is 2. The van der Waals surface area contributed by atoms with Gasteiger partial charge in [0.15, 0.2) is 5.82 Å². The minimum Gasteiger partial charge on any atom is -0.360 e. The van der Waals surface area contributed by atoms with Gasteiger partial charge in [0.05, 0.1) is 5.75 Å². The molecule has 2 amide bonds. The molecule has 0 aliphatic heterocycles. The number of amides is 2. The number of rotatable bonds is 5. The summed E-state index contributed by atoms with van der Waals surface area (Å²) in [6.07, 6.45) is 0. The van der Waals surface area contributed by atoms with Gasteiger partial charge in [0.2, 0.25) is 11.8 Å². The molecule has 0 atom stereocenters. The van der Waals surface area contributed by atoms with Gasteiger partial charge < -0.3 is 15.2 Å². The van der Waals surface area contributed by atoms with Gasteiger partial charge in [0.1, 0.15) is 5.76 Å². The van der Waals surface area contributed by atoms with Crippen molar-refractivity contribution in [2.24, 2.45) is 0 Å². The van der Waals surface area contributed by atoms with Gasteiger partial charge in [-0.3, -0.25) is 9.59 Å². The summed E-state index contributed by atoms with van der Waals surface area (Å²) in [5, 5.41) is 9.04. The highest BCUT2D eigenvalue weighted by Gasteiger charge is 2.07. The monoisotopic (exact) mass is 305 g/mol. The molecule has 2 aromatic rings. The van der Waals surface area contributed by atoms with Crippen molar-refractivity contribution >= 4 is 35.1 Å². The van der Waals surface area contributed by atoms with Gasteiger partial charge in [-0.25, -0.2) is 0 Å². The Bertz CT molecular complexity index is 654. The van der Waals surface area contributed by atoms with Gasteiger partial charge >= 0.3 is 0 Å². The molecule has 2 rings (SSSR count). The minimum absolute atomic E-state index is 0.128. The molecule has 0 saturated carbocycles. The first-order chi connectivity index (χ1) is 10.0. The molecule has 1 heterocycles. The number of aromatic nitrogens is 1. The summed E-state index contributed by atoms with van der Waals surface area (Å²) in [4.78, 5) is 23.7. The summed E-state index contributed by atoms with van der Waals surface area (Å²) in [6.45, 7) is 3.21. The maximum atomic E-state index is 11.8. The molecule has 110 valence electrons. The third kappa shape index (κ3) is 4.96. The fourth-order valence-electron chi connectivity index (χ4n) is 1.62. The summed E-state index contributed by atoms with van der Waals surface area (Å²) in [7, 11) is 0. The topological polar surface area (TPSA) is 84.2 Å². The second-order valence-electron chi connectivity index (χ2n) is 4.37. The van der Waals surface area contributed by atoms with Crippen LogP contribution in [-0.2, 0) is 9.59 Å². The fraction of sp³-hybridized carbons (Fsp3) is 0.214. The normalized spacial score (nSPS) is 10.2. The molecule has 0 spiro atoms. The quantitative estimate of drug-likeness (QED) is 0.830. The van der Waals surface area contributed by atoms with Crippen molar-refractivity contribution < 1.29 is 14.1 Å². The van der Waals surface area contributed by atoms with Crippen LogP contribution in [0.4, 0.5) is 11.5 Å². The predicted octanol–water partition coefficient (Wildman–Crippen LogP) is 2.67. The van der Waals surface area contributed by atoms with Crippen LogP contribution in [0.5, 0.6) is 0 Å². The van der Waals surface area contributed by atoms with Gasteiger partial charge in [0, 0.05) is 23.6 Å². The van der Waals surface area contributed by atoms with E-state index in [4.69, 9.17) is 4.52 Å². The molecule has 2 N–H and O–H groups in total. The Balaban J connectivity index is 1.87. The van der Waals surface area contributed by atoms with Crippen LogP contribution in [0.2, 0.25) is 0 Å². The molecule has 1 aromatic carbocycles. The zero-order chi connectivity index (χ0) is 15.2. The highest BCUT2D eigenvalue weighted by atomic mass is 32.2. The van der Waals surface area contributed by atoms with E-state index in [1.807, 2.05) is 18.2 Å². The molecule has 0 saturated heterocycles. The molecule has 7 heteroatoms. The van der Waals surface area contributed by atoms with Crippen LogP contribution in [0, 0.1) is 6.92 Å². The van der Waals surface area contributed by atoms with Crippen molar-refractivity contribution in [1.82, 2.24) is 5.16 Å². The van der Waals surface area contributed by atoms with Crippen molar-refractivity contribution in [3.63, 3.8) is 0 Å². The average Bonchev–Trinajstić information content (AvgIpc) is 2.81. The second kappa shape index (κ2) is 6.94. The summed E-state index contributed by atoms with van der Waals surface area (Å²) >= 11 is 1.37. The number of benzene rings is 1. The van der Waals surface area contributed by atoms with Crippen LogP contribution in [0.15, 0.2) is 39.8 Å². The Labute approximate surface area is 126 Å². The van der Waals surface area contributed by atoms with Gasteiger partial charge in [-0.15, -0.1) is 11.8 Å². The lowest BCUT2D eigenvalue weighted by atomic mass is 10.3. The smallest absolute Gasteiger partial charge is 0.235 e. The first-order valence-electron chi connectivity index (χ1n) is 6.26. The molecular weight excluding hydrogens is 290 g/mol. The average molecular weight is 305 g/mol. The Kier molecular flexibility index (Phi) is 4.99. The molecule has 21 heavy (non-hydrogen) atoms. The van der Waals surface area contributed by atoms with Crippen LogP contribution in [0.25, 0.3) is 0 Å². The number of carbonyl (C=O) groups excluding carboxylic acids is 2. The third-order valence-corrected chi connectivity index (χ3v) is 3.41. The van der Waals surface area contributed by atoms with E-state index in [0.717, 1.165) is 4.90 Å². The molecule has 0 unspecified atom stereocenters. The van der Waals surface area contributed by atoms with E-state index >= 15 is 0 Å². The summed E-state index contributed by atoms with van der Waals surface area (Å²) in [5.41, 5.74) is 0.708. The molecule has 6 nitrogen and oxygen atoms in total. The van der Waals surface area contributed by atoms with E-state index in [9.17, 15) is 9.59 Å². The second-order valence-corrected chi connectivity index (χ2v) is 5.42. The Morgan fingerprint density at radius 1 is 1.29 bits per heavy atom. The molecule has 0 radical (unpaired) electrons. The van der Waals surface area contributed by atoms with Crippen molar-refractivity contribution in [2.45, 2.75) is 18.7 Å². The number of aryl methyl sites for hydroxylation is 1. The van der Waals surface area contributed by atoms with Gasteiger partial charge in [-0.1, -0.05) is 11.2 Å². The number of hydrogen-bond acceptors (Lipinski definition) is 5. The Hall–Kier alpha value is -2.28. The highest BCUT2D eigenvalue weighted by Crippen LogP contribution is 2.21. The van der Waals surface area contributed by atoms with Crippen LogP contribution in [-0.4, -0.2) is 22.7 Å². The largest absolute Gasteiger partial charge is 0.360 e. The summed E-state index contributed by atoms with van der Waals surface area (Å²) in [5.74, 6) is 0.996. The SMILES string of the molecule is CC(=O)Nc1cccc(SCC(=O)Nc2cc(C)on2)c1. The van der Waals surface area contributed by atoms with Crippen molar-refractivity contribution in [1.29, 1.82) is 0 Å². The predicted molar refractivity (Wildman–Crippen MR) is 81.3 cm³/mol. The standard InChI is InChI=1S/C14H15N3O3S/c1-9-6-13(17-20-9)16-14(19)8-21-12-5-3-4-11(7-12)15-10(2)18/h3-7H,8H2,1-2H3,(H,15,18)(H,16,17,19). The maximum Gasteiger partial charge on any atom is 0.235 e. The molecule has 0 bridgehead atoms. The minimum atomic E-state index is -0.168. The number of nitrogens with zero attached hydrogens (tertiary/aromatic N) is 1. The number of thioether (sulfide) groups is 1. The van der Waals surface area contributed by atoms with Crippen LogP contribution in [0.1, 0.15) is 12.7 Å². The van der Waals surface area contributed by atoms with Crippen LogP contribution >= 0.6 is 11.8 Å². The van der Waals surface area contributed by atoms with E-state index in [0.29, 0.717) is 17.3 Å². The van der Waals surface area contributed by atoms with Crippen molar-refractivity contribution in [2.75, 3.05) is 16.4 Å². The van der Waals surface area contributed by atoms with Crippen molar-refractivity contribution in [3.05, 3.63) is 36.1 Å². The van der Waals surface area contributed by atoms with E-state index in [-0.39, 0.29) is 17.6 Å². The highest BCUT2D eigenvalue weighted by molar-refractivity contribution is 8.00. The van der Waals surface area contributed by atoms with E-state index in [1.54, 1.807) is 19.1 Å². The molecule has 0 fully saturated rings. The maximum absolute atomic E-state index is 11.8. The van der Waals surface area contributed by atoms with E-state index < -0.39 is 0 Å². The Morgan fingerprint density at radius 2 is 2.10 bits per heavy atom. The molecular formula is C14H15N3O3S. The lowest BCUT2D eigenvalue weighted by Gasteiger charge is -2.05. The van der Waals surface area contributed by atoms with E-state index in [2.05, 4.69) is 15.8 Å². The Morgan fingerprint density at radius 3 is 2.76 bits per heavy atom. The van der Waals surface area contributed by atoms with Crippen LogP contribution < -0.4 is 10.6 Å². The lowest BCUT2D eigenvalue weighted by molar-refractivity contribution is -0.114. The number of carbonyl (C=O) groups is 2. The van der Waals surface area contributed by atoms with Gasteiger partial charge in [0.25, 0.3) is 0 Å². The van der Waals surface area contributed by atoms with Crippen LogP contribution in [0.3, 0.4) is 0 Å². The zero-order valence-corrected chi connectivity index (χ0v) is 12.5. The van der Waals surface area contributed by atoms with E-state index in [1.165, 1.54) is 18.7 Å². The van der Waals surface area contributed by atoms with Gasteiger partial charge in [-0.2, -0.15) is 0 Å². The number of hydrogen-bond donors (Lipinski definition) is 2. The number of anilines is 2. The van der Waals surface area contributed by atoms with Crippen molar-refractivity contribution in [3.8, 4) is 0 Å². The third-order valence-electron chi connectivity index (χ3n) is 2.42.